The van der Waals surface area contributed by atoms with Crippen LogP contribution in [0, 0.1) is 0 Å². The molecule has 228 valence electrons. The molecule has 0 rings (SSSR count). The molecule has 0 heterocycles. The average molecular weight is 737 g/mol. The zero-order valence-electron chi connectivity index (χ0n) is 25.0. The van der Waals surface area contributed by atoms with E-state index in [1.807, 2.05) is 0 Å². The van der Waals surface area contributed by atoms with Gasteiger partial charge in [-0.15, -0.1) is 0 Å². The van der Waals surface area contributed by atoms with E-state index in [0.29, 0.717) is 0 Å². The van der Waals surface area contributed by atoms with E-state index in [1.165, 1.54) is 0 Å². The van der Waals surface area contributed by atoms with Crippen molar-refractivity contribution in [2.24, 2.45) is 0 Å². The molecule has 0 aliphatic rings. The monoisotopic (exact) mass is 736 g/mol. The summed E-state index contributed by atoms with van der Waals surface area (Å²) < 4.78 is 0. The predicted octanol–water partition coefficient (Wildman–Crippen LogP) is -21.5. The Morgan fingerprint density at radius 1 is 0.341 bits per heavy atom. The van der Waals surface area contributed by atoms with E-state index in [2.05, 4.69) is 0 Å². The Morgan fingerprint density at radius 2 is 0.477 bits per heavy atom. The van der Waals surface area contributed by atoms with Gasteiger partial charge in [0.15, 0.2) is 0 Å². The maximum absolute atomic E-state index is 10.5. The van der Waals surface area contributed by atoms with E-state index in [-0.39, 0.29) is 232 Å². The first-order chi connectivity index (χ1) is 18.4. The quantitative estimate of drug-likeness (QED) is 0.0750. The number of carbonyl (C=O) groups is 8. The van der Waals surface area contributed by atoms with Gasteiger partial charge in [-0.05, 0) is 0 Å². The van der Waals surface area contributed by atoms with Crippen molar-refractivity contribution in [1.29, 1.82) is 0 Å². The van der Waals surface area contributed by atoms with Crippen LogP contribution in [-0.2, 0) is 38.4 Å². The van der Waals surface area contributed by atoms with E-state index in [0.717, 1.165) is 19.6 Å². The largest absolute Gasteiger partial charge is 1.00 e. The number of hydrogen-bond donors (Lipinski definition) is 4. The first-order valence-corrected chi connectivity index (χ1v) is 11.0. The second kappa shape index (κ2) is 35.0. The number of aliphatic carboxylic acids is 8. The third kappa shape index (κ3) is 42.2. The fourth-order valence-electron chi connectivity index (χ4n) is 2.92. The number of rotatable bonds is 22. The summed E-state index contributed by atoms with van der Waals surface area (Å²) in [4.78, 5) is 87.8. The standard InChI is InChI=1S/2C10H16N2O8.4K/c2*13-7(14)3-11(4-8(15)16)1-2-12(5-9(17)18)6-10(19)20;;;;/h2*1-6H2,(H,13,14)(H,15,16)(H,17,18)(H,19,20);;;;/q;;4*+1/p-4. The van der Waals surface area contributed by atoms with Crippen molar-refractivity contribution >= 4 is 47.8 Å². The van der Waals surface area contributed by atoms with Gasteiger partial charge in [0, 0.05) is 52.4 Å². The van der Waals surface area contributed by atoms with Crippen molar-refractivity contribution in [3.8, 4) is 0 Å². The van der Waals surface area contributed by atoms with Crippen LogP contribution in [0.15, 0.2) is 0 Å². The molecule has 0 saturated carbocycles. The molecular formula is C20H28K4N4O16. The molecule has 0 bridgehead atoms. The summed E-state index contributed by atoms with van der Waals surface area (Å²) in [6, 6.07) is 0. The van der Waals surface area contributed by atoms with Crippen LogP contribution in [0.3, 0.4) is 0 Å². The summed E-state index contributed by atoms with van der Waals surface area (Å²) in [5, 5.41) is 76.1. The molecule has 0 fully saturated rings. The van der Waals surface area contributed by atoms with E-state index >= 15 is 0 Å². The zero-order chi connectivity index (χ0) is 31.4. The van der Waals surface area contributed by atoms with Gasteiger partial charge in [-0.3, -0.25) is 38.8 Å². The van der Waals surface area contributed by atoms with Crippen LogP contribution in [0.1, 0.15) is 0 Å². The Hall–Kier alpha value is 2.15. The minimum absolute atomic E-state index is 0. The summed E-state index contributed by atoms with van der Waals surface area (Å²) in [5.74, 6) is -11.0. The summed E-state index contributed by atoms with van der Waals surface area (Å²) in [7, 11) is 0. The molecule has 0 spiro atoms. The molecule has 0 aromatic heterocycles. The maximum Gasteiger partial charge on any atom is 1.00 e. The van der Waals surface area contributed by atoms with Gasteiger partial charge in [-0.25, -0.2) is 0 Å². The molecule has 0 saturated heterocycles. The molecule has 20 nitrogen and oxygen atoms in total. The SMILES string of the molecule is O=C([O-])CN(CCN(CC(=O)O)CC(=O)O)CC(=O)[O-].O=C([O-])CN(CCN(CC(=O)O)CC(=O)O)CC(=O)[O-].[K+].[K+].[K+].[K+]. The first-order valence-electron chi connectivity index (χ1n) is 11.0. The van der Waals surface area contributed by atoms with Crippen LogP contribution >= 0.6 is 0 Å². The second-order valence-electron chi connectivity index (χ2n) is 7.91. The van der Waals surface area contributed by atoms with E-state index in [4.69, 9.17) is 20.4 Å². The van der Waals surface area contributed by atoms with Crippen molar-refractivity contribution in [3.05, 3.63) is 0 Å². The van der Waals surface area contributed by atoms with Gasteiger partial charge >= 0.3 is 229 Å². The molecule has 0 radical (unpaired) electrons. The second-order valence-corrected chi connectivity index (χ2v) is 7.91. The third-order valence-corrected chi connectivity index (χ3v) is 4.31. The topological polar surface area (TPSA) is 323 Å². The Labute approximate surface area is 421 Å². The molecule has 24 heteroatoms. The molecule has 0 aromatic rings. The van der Waals surface area contributed by atoms with Gasteiger partial charge in [0.25, 0.3) is 0 Å². The smallest absolute Gasteiger partial charge is 0.549 e. The average Bonchev–Trinajstić information content (AvgIpc) is 2.72. The van der Waals surface area contributed by atoms with Crippen molar-refractivity contribution in [2.45, 2.75) is 0 Å². The first kappa shape index (κ1) is 58.4. The van der Waals surface area contributed by atoms with Gasteiger partial charge < -0.3 is 60.0 Å². The molecule has 0 amide bonds. The van der Waals surface area contributed by atoms with Crippen molar-refractivity contribution in [3.63, 3.8) is 0 Å². The number of carboxylic acid groups (broad SMARTS) is 8. The number of nitrogens with zero attached hydrogens (tertiary/aromatic N) is 4. The summed E-state index contributed by atoms with van der Waals surface area (Å²) in [6.45, 7) is -5.50. The maximum atomic E-state index is 10.5. The molecule has 0 aromatic carbocycles. The predicted molar refractivity (Wildman–Crippen MR) is 116 cm³/mol. The minimum Gasteiger partial charge on any atom is -0.549 e. The Balaban J connectivity index is -0.000000150. The van der Waals surface area contributed by atoms with Gasteiger partial charge in [-0.1, -0.05) is 0 Å². The van der Waals surface area contributed by atoms with Crippen molar-refractivity contribution < 1.29 is 285 Å². The fraction of sp³-hybridized carbons (Fsp3) is 0.600. The van der Waals surface area contributed by atoms with Crippen molar-refractivity contribution in [1.82, 2.24) is 19.6 Å². The van der Waals surface area contributed by atoms with Gasteiger partial charge in [0.2, 0.25) is 0 Å². The molecular weight excluding hydrogens is 709 g/mol. The van der Waals surface area contributed by atoms with E-state index in [1.54, 1.807) is 0 Å². The van der Waals surface area contributed by atoms with E-state index < -0.39 is 100 Å². The summed E-state index contributed by atoms with van der Waals surface area (Å²) in [6.07, 6.45) is 0. The number of carboxylic acids is 8. The Bertz CT molecular complexity index is 722. The van der Waals surface area contributed by atoms with Crippen LogP contribution in [-0.4, -0.2) is 166 Å². The third-order valence-electron chi connectivity index (χ3n) is 4.31. The number of hydrogen-bond acceptors (Lipinski definition) is 16. The normalized spacial score (nSPS) is 9.73. The van der Waals surface area contributed by atoms with Crippen LogP contribution < -0.4 is 226 Å². The van der Waals surface area contributed by atoms with E-state index in [9.17, 15) is 58.8 Å². The number of carbonyl (C=O) groups excluding carboxylic acids is 4. The van der Waals surface area contributed by atoms with Crippen LogP contribution in [0.5, 0.6) is 0 Å². The van der Waals surface area contributed by atoms with Gasteiger partial charge in [0.05, 0.1) is 50.1 Å². The Kier molecular flexibility index (Phi) is 46.4. The summed E-state index contributed by atoms with van der Waals surface area (Å²) >= 11 is 0. The van der Waals surface area contributed by atoms with Gasteiger partial charge in [0.1, 0.15) is 0 Å². The summed E-state index contributed by atoms with van der Waals surface area (Å²) in [5.41, 5.74) is 0. The van der Waals surface area contributed by atoms with Gasteiger partial charge in [-0.2, -0.15) is 0 Å². The molecule has 0 aliphatic carbocycles. The van der Waals surface area contributed by atoms with Crippen LogP contribution in [0.25, 0.3) is 0 Å². The minimum atomic E-state index is -1.51. The van der Waals surface area contributed by atoms with Crippen LogP contribution in [0.4, 0.5) is 0 Å². The molecule has 4 N–H and O–H groups in total. The molecule has 0 aliphatic heterocycles. The van der Waals surface area contributed by atoms with Crippen LogP contribution in [0.2, 0.25) is 0 Å². The Morgan fingerprint density at radius 3 is 0.591 bits per heavy atom. The molecule has 44 heavy (non-hydrogen) atoms. The van der Waals surface area contributed by atoms with Crippen molar-refractivity contribution in [2.75, 3.05) is 78.5 Å². The molecule has 0 atom stereocenters. The zero-order valence-corrected chi connectivity index (χ0v) is 37.5. The molecule has 0 unspecified atom stereocenters. The fourth-order valence-corrected chi connectivity index (χ4v) is 2.92.